The fourth-order valence-electron chi connectivity index (χ4n) is 1.79. The molecule has 0 radical (unpaired) electrons. The largest absolute Gasteiger partial charge is 0.493 e. The zero-order chi connectivity index (χ0) is 15.0. The molecule has 0 saturated carbocycles. The second-order valence-corrected chi connectivity index (χ2v) is 5.14. The van der Waals surface area contributed by atoms with E-state index in [1.165, 1.54) is 0 Å². The van der Waals surface area contributed by atoms with Crippen molar-refractivity contribution in [3.05, 3.63) is 24.3 Å². The van der Waals surface area contributed by atoms with E-state index >= 15 is 0 Å². The van der Waals surface area contributed by atoms with Gasteiger partial charge in [0.25, 0.3) is 5.91 Å². The maximum absolute atomic E-state index is 12.1. The van der Waals surface area contributed by atoms with Crippen LogP contribution < -0.4 is 14.8 Å². The Labute approximate surface area is 121 Å². The van der Waals surface area contributed by atoms with Crippen LogP contribution in [-0.2, 0) is 4.79 Å². The molecule has 0 aliphatic rings. The maximum Gasteiger partial charge on any atom is 0.261 e. The molecule has 0 aliphatic heterocycles. The van der Waals surface area contributed by atoms with Crippen LogP contribution >= 0.6 is 0 Å². The first-order chi connectivity index (χ1) is 9.58. The Bertz CT molecular complexity index is 418. The van der Waals surface area contributed by atoms with E-state index < -0.39 is 6.10 Å². The smallest absolute Gasteiger partial charge is 0.261 e. The molecule has 1 N–H and O–H groups in total. The quantitative estimate of drug-likeness (QED) is 0.795. The van der Waals surface area contributed by atoms with Gasteiger partial charge in [-0.25, -0.2) is 0 Å². The number of benzene rings is 1. The first-order valence-electron chi connectivity index (χ1n) is 7.15. The molecular formula is C16H25NO3. The Morgan fingerprint density at radius 2 is 1.90 bits per heavy atom. The summed E-state index contributed by atoms with van der Waals surface area (Å²) in [5.74, 6) is 1.74. The molecule has 0 unspecified atom stereocenters. The molecule has 1 aromatic carbocycles. The molecule has 0 saturated heterocycles. The highest BCUT2D eigenvalue weighted by molar-refractivity contribution is 5.81. The number of carbonyl (C=O) groups is 1. The van der Waals surface area contributed by atoms with Gasteiger partial charge >= 0.3 is 0 Å². The van der Waals surface area contributed by atoms with E-state index in [0.717, 1.165) is 6.42 Å². The third-order valence-corrected chi connectivity index (χ3v) is 3.02. The van der Waals surface area contributed by atoms with Gasteiger partial charge in [0.2, 0.25) is 0 Å². The Morgan fingerprint density at radius 3 is 2.45 bits per heavy atom. The van der Waals surface area contributed by atoms with Gasteiger partial charge in [-0.3, -0.25) is 4.79 Å². The van der Waals surface area contributed by atoms with Gasteiger partial charge in [0.1, 0.15) is 0 Å². The van der Waals surface area contributed by atoms with Crippen molar-refractivity contribution in [2.45, 2.75) is 39.7 Å². The summed E-state index contributed by atoms with van der Waals surface area (Å²) in [7, 11) is 1.59. The standard InChI is InChI=1S/C16H25NO3/c1-5-13(16(18)17-11-10-12(2)3)20-15-9-7-6-8-14(15)19-4/h6-9,12-13H,5,10-11H2,1-4H3,(H,17,18)/t13-/m0/s1. The van der Waals surface area contributed by atoms with Gasteiger partial charge in [-0.2, -0.15) is 0 Å². The molecule has 0 aromatic heterocycles. The van der Waals surface area contributed by atoms with Crippen LogP contribution in [0.15, 0.2) is 24.3 Å². The van der Waals surface area contributed by atoms with Gasteiger partial charge in [-0.1, -0.05) is 32.9 Å². The molecule has 1 amide bonds. The Hall–Kier alpha value is -1.71. The number of ether oxygens (including phenoxy) is 2. The van der Waals surface area contributed by atoms with Crippen molar-refractivity contribution < 1.29 is 14.3 Å². The van der Waals surface area contributed by atoms with Crippen molar-refractivity contribution >= 4 is 5.91 Å². The monoisotopic (exact) mass is 279 g/mol. The molecule has 0 spiro atoms. The molecule has 4 heteroatoms. The van der Waals surface area contributed by atoms with Crippen LogP contribution in [0.25, 0.3) is 0 Å². The number of para-hydroxylation sites is 2. The SMILES string of the molecule is CC[C@H](Oc1ccccc1OC)C(=O)NCCC(C)C. The van der Waals surface area contributed by atoms with Crippen molar-refractivity contribution in [2.75, 3.05) is 13.7 Å². The van der Waals surface area contributed by atoms with Crippen LogP contribution in [0.3, 0.4) is 0 Å². The molecule has 1 atom stereocenters. The van der Waals surface area contributed by atoms with Crippen LogP contribution in [-0.4, -0.2) is 25.7 Å². The number of hydrogen-bond acceptors (Lipinski definition) is 3. The fraction of sp³-hybridized carbons (Fsp3) is 0.562. The van der Waals surface area contributed by atoms with Crippen molar-refractivity contribution in [3.63, 3.8) is 0 Å². The molecule has 0 bridgehead atoms. The number of rotatable bonds is 8. The van der Waals surface area contributed by atoms with E-state index in [2.05, 4.69) is 19.2 Å². The van der Waals surface area contributed by atoms with Crippen LogP contribution in [0.4, 0.5) is 0 Å². The van der Waals surface area contributed by atoms with Crippen molar-refractivity contribution in [2.24, 2.45) is 5.92 Å². The third-order valence-electron chi connectivity index (χ3n) is 3.02. The highest BCUT2D eigenvalue weighted by Crippen LogP contribution is 2.27. The predicted octanol–water partition coefficient (Wildman–Crippen LogP) is 3.01. The molecule has 0 fully saturated rings. The summed E-state index contributed by atoms with van der Waals surface area (Å²) >= 11 is 0. The number of nitrogens with one attached hydrogen (secondary N) is 1. The lowest BCUT2D eigenvalue weighted by molar-refractivity contribution is -0.128. The zero-order valence-electron chi connectivity index (χ0n) is 12.8. The van der Waals surface area contributed by atoms with Crippen molar-refractivity contribution in [1.29, 1.82) is 0 Å². The van der Waals surface area contributed by atoms with Gasteiger partial charge in [0.05, 0.1) is 7.11 Å². The minimum atomic E-state index is -0.488. The van der Waals surface area contributed by atoms with Crippen LogP contribution in [0.1, 0.15) is 33.6 Å². The van der Waals surface area contributed by atoms with E-state index in [0.29, 0.717) is 30.4 Å². The maximum atomic E-state index is 12.1. The van der Waals surface area contributed by atoms with Crippen molar-refractivity contribution in [3.8, 4) is 11.5 Å². The summed E-state index contributed by atoms with van der Waals surface area (Å²) in [6, 6.07) is 7.36. The predicted molar refractivity (Wildman–Crippen MR) is 80.2 cm³/mol. The second kappa shape index (κ2) is 8.46. The highest BCUT2D eigenvalue weighted by atomic mass is 16.5. The van der Waals surface area contributed by atoms with E-state index in [1.807, 2.05) is 31.2 Å². The lowest BCUT2D eigenvalue weighted by Gasteiger charge is -2.19. The molecule has 112 valence electrons. The minimum Gasteiger partial charge on any atom is -0.493 e. The zero-order valence-corrected chi connectivity index (χ0v) is 12.8. The first kappa shape index (κ1) is 16.3. The number of amides is 1. The number of methoxy groups -OCH3 is 1. The van der Waals surface area contributed by atoms with Crippen molar-refractivity contribution in [1.82, 2.24) is 5.32 Å². The summed E-state index contributed by atoms with van der Waals surface area (Å²) in [6.45, 7) is 6.88. The molecule has 4 nitrogen and oxygen atoms in total. The van der Waals surface area contributed by atoms with E-state index in [4.69, 9.17) is 9.47 Å². The molecule has 0 aliphatic carbocycles. The summed E-state index contributed by atoms with van der Waals surface area (Å²) < 4.78 is 11.0. The summed E-state index contributed by atoms with van der Waals surface area (Å²) in [5, 5.41) is 2.92. The third kappa shape index (κ3) is 5.11. The average Bonchev–Trinajstić information content (AvgIpc) is 2.44. The Kier molecular flexibility index (Phi) is 6.91. The summed E-state index contributed by atoms with van der Waals surface area (Å²) in [4.78, 5) is 12.1. The highest BCUT2D eigenvalue weighted by Gasteiger charge is 2.19. The Balaban J connectivity index is 2.59. The summed E-state index contributed by atoms with van der Waals surface area (Å²) in [5.41, 5.74) is 0. The lowest BCUT2D eigenvalue weighted by atomic mass is 10.1. The fourth-order valence-corrected chi connectivity index (χ4v) is 1.79. The minimum absolute atomic E-state index is 0.0703. The van der Waals surface area contributed by atoms with Gasteiger partial charge in [0.15, 0.2) is 17.6 Å². The topological polar surface area (TPSA) is 47.6 Å². The van der Waals surface area contributed by atoms with Gasteiger partial charge in [0, 0.05) is 6.54 Å². The normalized spacial score (nSPS) is 12.1. The number of hydrogen-bond donors (Lipinski definition) is 1. The van der Waals surface area contributed by atoms with Gasteiger partial charge in [-0.15, -0.1) is 0 Å². The first-order valence-corrected chi connectivity index (χ1v) is 7.15. The molecule has 0 heterocycles. The lowest BCUT2D eigenvalue weighted by Crippen LogP contribution is -2.38. The van der Waals surface area contributed by atoms with Crippen LogP contribution in [0, 0.1) is 5.92 Å². The average molecular weight is 279 g/mol. The molecule has 1 aromatic rings. The van der Waals surface area contributed by atoms with E-state index in [-0.39, 0.29) is 5.91 Å². The molecule has 1 rings (SSSR count). The van der Waals surface area contributed by atoms with Gasteiger partial charge < -0.3 is 14.8 Å². The molecule has 20 heavy (non-hydrogen) atoms. The Morgan fingerprint density at radius 1 is 1.25 bits per heavy atom. The van der Waals surface area contributed by atoms with Gasteiger partial charge in [-0.05, 0) is 30.9 Å². The van der Waals surface area contributed by atoms with E-state index in [1.54, 1.807) is 7.11 Å². The van der Waals surface area contributed by atoms with Crippen LogP contribution in [0.5, 0.6) is 11.5 Å². The van der Waals surface area contributed by atoms with Crippen LogP contribution in [0.2, 0.25) is 0 Å². The molecular weight excluding hydrogens is 254 g/mol. The number of carbonyl (C=O) groups excluding carboxylic acids is 1. The second-order valence-electron chi connectivity index (χ2n) is 5.14. The summed E-state index contributed by atoms with van der Waals surface area (Å²) in [6.07, 6.45) is 1.10. The van der Waals surface area contributed by atoms with E-state index in [9.17, 15) is 4.79 Å².